The summed E-state index contributed by atoms with van der Waals surface area (Å²) in [6, 6.07) is 7.33. The number of benzene rings is 1. The minimum atomic E-state index is -0.858. The molecule has 0 aliphatic heterocycles. The van der Waals surface area contributed by atoms with Crippen molar-refractivity contribution in [2.75, 3.05) is 26.9 Å². The maximum absolute atomic E-state index is 11.9. The topological polar surface area (TPSA) is 56.8 Å². The number of rotatable bonds is 9. The van der Waals surface area contributed by atoms with Crippen molar-refractivity contribution < 1.29 is 19.0 Å². The lowest BCUT2D eigenvalue weighted by atomic mass is 10.0. The second-order valence-electron chi connectivity index (χ2n) is 4.94. The van der Waals surface area contributed by atoms with Crippen LogP contribution in [0.1, 0.15) is 27.2 Å². The SMILES string of the molecule is CCCNC(C)(COc1ccc(OCC)cc1)C(=O)OC. The number of esters is 1. The van der Waals surface area contributed by atoms with Crippen LogP contribution >= 0.6 is 0 Å². The van der Waals surface area contributed by atoms with Gasteiger partial charge in [-0.3, -0.25) is 5.32 Å². The van der Waals surface area contributed by atoms with Crippen LogP contribution in [0.4, 0.5) is 0 Å². The van der Waals surface area contributed by atoms with Crippen molar-refractivity contribution in [1.82, 2.24) is 5.32 Å². The van der Waals surface area contributed by atoms with Crippen LogP contribution in [0.3, 0.4) is 0 Å². The Bertz CT molecular complexity index is 432. The van der Waals surface area contributed by atoms with Gasteiger partial charge in [0.25, 0.3) is 0 Å². The summed E-state index contributed by atoms with van der Waals surface area (Å²) in [5, 5.41) is 3.17. The van der Waals surface area contributed by atoms with E-state index < -0.39 is 5.54 Å². The Morgan fingerprint density at radius 2 is 1.71 bits per heavy atom. The highest BCUT2D eigenvalue weighted by Crippen LogP contribution is 2.19. The maximum Gasteiger partial charge on any atom is 0.329 e. The van der Waals surface area contributed by atoms with Gasteiger partial charge in [0.05, 0.1) is 13.7 Å². The molecule has 0 spiro atoms. The largest absolute Gasteiger partial charge is 0.494 e. The quantitative estimate of drug-likeness (QED) is 0.709. The number of ether oxygens (including phenoxy) is 3. The number of carbonyl (C=O) groups is 1. The Hall–Kier alpha value is -1.75. The summed E-state index contributed by atoms with van der Waals surface area (Å²) in [6.45, 7) is 7.31. The number of methoxy groups -OCH3 is 1. The van der Waals surface area contributed by atoms with Gasteiger partial charge in [-0.25, -0.2) is 4.79 Å². The van der Waals surface area contributed by atoms with Gasteiger partial charge in [-0.2, -0.15) is 0 Å². The number of hydrogen-bond donors (Lipinski definition) is 1. The number of nitrogens with one attached hydrogen (secondary N) is 1. The smallest absolute Gasteiger partial charge is 0.329 e. The van der Waals surface area contributed by atoms with Gasteiger partial charge < -0.3 is 14.2 Å². The fraction of sp³-hybridized carbons (Fsp3) is 0.562. The molecular weight excluding hydrogens is 270 g/mol. The molecule has 118 valence electrons. The first-order chi connectivity index (χ1) is 10.1. The predicted octanol–water partition coefficient (Wildman–Crippen LogP) is 2.40. The summed E-state index contributed by atoms with van der Waals surface area (Å²) < 4.78 is 15.9. The van der Waals surface area contributed by atoms with Gasteiger partial charge in [0, 0.05) is 0 Å². The molecule has 0 aliphatic rings. The van der Waals surface area contributed by atoms with E-state index in [-0.39, 0.29) is 12.6 Å². The zero-order chi connectivity index (χ0) is 15.7. The van der Waals surface area contributed by atoms with E-state index in [2.05, 4.69) is 5.32 Å². The van der Waals surface area contributed by atoms with Crippen LogP contribution in [0.25, 0.3) is 0 Å². The molecule has 0 heterocycles. The highest BCUT2D eigenvalue weighted by molar-refractivity contribution is 5.80. The van der Waals surface area contributed by atoms with Crippen LogP contribution in [0.5, 0.6) is 11.5 Å². The van der Waals surface area contributed by atoms with Crippen molar-refractivity contribution in [3.8, 4) is 11.5 Å². The first kappa shape index (κ1) is 17.3. The van der Waals surface area contributed by atoms with Gasteiger partial charge in [-0.05, 0) is 51.1 Å². The molecule has 0 fully saturated rings. The lowest BCUT2D eigenvalue weighted by molar-refractivity contribution is -0.149. The van der Waals surface area contributed by atoms with Crippen LogP contribution in [0, 0.1) is 0 Å². The maximum atomic E-state index is 11.9. The number of hydrogen-bond acceptors (Lipinski definition) is 5. The lowest BCUT2D eigenvalue weighted by Crippen LogP contribution is -2.54. The molecule has 1 aromatic carbocycles. The molecule has 1 N–H and O–H groups in total. The Balaban J connectivity index is 2.65. The molecular formula is C16H25NO4. The normalized spacial score (nSPS) is 13.3. The Kier molecular flexibility index (Phi) is 7.02. The average molecular weight is 295 g/mol. The summed E-state index contributed by atoms with van der Waals surface area (Å²) >= 11 is 0. The molecule has 1 aromatic rings. The van der Waals surface area contributed by atoms with E-state index in [1.807, 2.05) is 38.1 Å². The third-order valence-electron chi connectivity index (χ3n) is 3.06. The van der Waals surface area contributed by atoms with Gasteiger partial charge in [0.2, 0.25) is 0 Å². The first-order valence-electron chi connectivity index (χ1n) is 7.24. The zero-order valence-electron chi connectivity index (χ0n) is 13.3. The molecule has 5 nitrogen and oxygen atoms in total. The minimum absolute atomic E-state index is 0.202. The van der Waals surface area contributed by atoms with E-state index in [1.54, 1.807) is 6.92 Å². The molecule has 0 radical (unpaired) electrons. The highest BCUT2D eigenvalue weighted by Gasteiger charge is 2.34. The second-order valence-corrected chi connectivity index (χ2v) is 4.94. The van der Waals surface area contributed by atoms with Gasteiger partial charge in [0.15, 0.2) is 0 Å². The summed E-state index contributed by atoms with van der Waals surface area (Å²) in [6.07, 6.45) is 0.926. The van der Waals surface area contributed by atoms with Crippen molar-refractivity contribution >= 4 is 5.97 Å². The van der Waals surface area contributed by atoms with E-state index in [1.165, 1.54) is 7.11 Å². The second kappa shape index (κ2) is 8.52. The Morgan fingerprint density at radius 1 is 1.14 bits per heavy atom. The molecule has 0 amide bonds. The molecule has 0 saturated carbocycles. The fourth-order valence-electron chi connectivity index (χ4n) is 1.83. The van der Waals surface area contributed by atoms with Crippen LogP contribution in [0.2, 0.25) is 0 Å². The third kappa shape index (κ3) is 5.27. The molecule has 0 aromatic heterocycles. The fourth-order valence-corrected chi connectivity index (χ4v) is 1.83. The molecule has 0 bridgehead atoms. The van der Waals surface area contributed by atoms with Gasteiger partial charge in [-0.15, -0.1) is 0 Å². The molecule has 0 aliphatic carbocycles. The van der Waals surface area contributed by atoms with Gasteiger partial charge in [0.1, 0.15) is 23.6 Å². The van der Waals surface area contributed by atoms with Crippen molar-refractivity contribution in [3.05, 3.63) is 24.3 Å². The van der Waals surface area contributed by atoms with E-state index in [9.17, 15) is 4.79 Å². The average Bonchev–Trinajstić information content (AvgIpc) is 2.51. The molecule has 0 saturated heterocycles. The highest BCUT2D eigenvalue weighted by atomic mass is 16.5. The Labute approximate surface area is 126 Å². The van der Waals surface area contributed by atoms with Gasteiger partial charge in [-0.1, -0.05) is 6.92 Å². The van der Waals surface area contributed by atoms with E-state index in [0.717, 1.165) is 18.7 Å². The van der Waals surface area contributed by atoms with Crippen LogP contribution in [-0.4, -0.2) is 38.4 Å². The van der Waals surface area contributed by atoms with E-state index in [0.29, 0.717) is 12.4 Å². The predicted molar refractivity (Wildman–Crippen MR) is 81.8 cm³/mol. The minimum Gasteiger partial charge on any atom is -0.494 e. The molecule has 5 heteroatoms. The molecule has 1 rings (SSSR count). The Morgan fingerprint density at radius 3 is 2.19 bits per heavy atom. The first-order valence-corrected chi connectivity index (χ1v) is 7.24. The monoisotopic (exact) mass is 295 g/mol. The van der Waals surface area contributed by atoms with Crippen molar-refractivity contribution in [3.63, 3.8) is 0 Å². The van der Waals surface area contributed by atoms with Crippen molar-refractivity contribution in [2.24, 2.45) is 0 Å². The van der Waals surface area contributed by atoms with Crippen LogP contribution in [-0.2, 0) is 9.53 Å². The van der Waals surface area contributed by atoms with Gasteiger partial charge >= 0.3 is 5.97 Å². The zero-order valence-corrected chi connectivity index (χ0v) is 13.3. The van der Waals surface area contributed by atoms with Crippen molar-refractivity contribution in [1.29, 1.82) is 0 Å². The standard InChI is InChI=1S/C16H25NO4/c1-5-11-17-16(3,15(18)19-4)12-21-14-9-7-13(8-10-14)20-6-2/h7-10,17H,5-6,11-12H2,1-4H3. The van der Waals surface area contributed by atoms with E-state index in [4.69, 9.17) is 14.2 Å². The summed E-state index contributed by atoms with van der Waals surface area (Å²) in [5.41, 5.74) is -0.858. The van der Waals surface area contributed by atoms with Crippen molar-refractivity contribution in [2.45, 2.75) is 32.7 Å². The van der Waals surface area contributed by atoms with Crippen LogP contribution in [0.15, 0.2) is 24.3 Å². The lowest BCUT2D eigenvalue weighted by Gasteiger charge is -2.27. The summed E-state index contributed by atoms with van der Waals surface area (Å²) in [7, 11) is 1.38. The molecule has 21 heavy (non-hydrogen) atoms. The third-order valence-corrected chi connectivity index (χ3v) is 3.06. The molecule has 1 atom stereocenters. The summed E-state index contributed by atoms with van der Waals surface area (Å²) in [4.78, 5) is 11.9. The molecule has 1 unspecified atom stereocenters. The van der Waals surface area contributed by atoms with Crippen LogP contribution < -0.4 is 14.8 Å². The number of carbonyl (C=O) groups excluding carboxylic acids is 1. The van der Waals surface area contributed by atoms with E-state index >= 15 is 0 Å². The summed E-state index contributed by atoms with van der Waals surface area (Å²) in [5.74, 6) is 1.15.